The topological polar surface area (TPSA) is 55.2 Å². The lowest BCUT2D eigenvalue weighted by Gasteiger charge is -2.17. The molecule has 0 aliphatic rings. The first-order chi connectivity index (χ1) is 13.2. The van der Waals surface area contributed by atoms with Gasteiger partial charge < -0.3 is 4.90 Å². The van der Waals surface area contributed by atoms with Gasteiger partial charge in [0.05, 0.1) is 10.6 Å². The molecule has 1 amide bonds. The molecule has 2 aromatic heterocycles. The van der Waals surface area contributed by atoms with Gasteiger partial charge in [-0.3, -0.25) is 14.2 Å². The Labute approximate surface area is 171 Å². The molecule has 0 saturated carbocycles. The van der Waals surface area contributed by atoms with Gasteiger partial charge in [0.15, 0.2) is 5.16 Å². The number of aromatic nitrogens is 2. The molecular weight excluding hydrogens is 397 g/mol. The fourth-order valence-electron chi connectivity index (χ4n) is 3.08. The SMILES string of the molecule is CCn1c(S[C@H](C)C(=O)N(C)C)nc2sc(C)c(-c3ccc(F)cc3)c2c1=O. The van der Waals surface area contributed by atoms with Gasteiger partial charge in [-0.05, 0) is 38.5 Å². The monoisotopic (exact) mass is 419 g/mol. The molecule has 0 aliphatic heterocycles. The van der Waals surface area contributed by atoms with E-state index in [9.17, 15) is 14.0 Å². The fourth-order valence-corrected chi connectivity index (χ4v) is 5.29. The molecule has 2 heterocycles. The number of carbonyl (C=O) groups is 1. The number of aryl methyl sites for hydroxylation is 1. The third kappa shape index (κ3) is 3.71. The zero-order chi connectivity index (χ0) is 20.6. The average Bonchev–Trinajstić information content (AvgIpc) is 2.98. The van der Waals surface area contributed by atoms with Crippen LogP contribution in [-0.4, -0.2) is 39.7 Å². The molecule has 1 aromatic carbocycles. The Kier molecular flexibility index (Phi) is 5.90. The van der Waals surface area contributed by atoms with Crippen LogP contribution in [0.4, 0.5) is 4.39 Å². The smallest absolute Gasteiger partial charge is 0.263 e. The largest absolute Gasteiger partial charge is 0.348 e. The lowest BCUT2D eigenvalue weighted by molar-refractivity contribution is -0.127. The van der Waals surface area contributed by atoms with Crippen LogP contribution in [0.5, 0.6) is 0 Å². The number of thiophene rings is 1. The van der Waals surface area contributed by atoms with Gasteiger partial charge in [-0.2, -0.15) is 0 Å². The van der Waals surface area contributed by atoms with Crippen molar-refractivity contribution < 1.29 is 9.18 Å². The first-order valence-corrected chi connectivity index (χ1v) is 10.6. The van der Waals surface area contributed by atoms with Crippen LogP contribution in [0.1, 0.15) is 18.7 Å². The first kappa shape index (κ1) is 20.5. The highest BCUT2D eigenvalue weighted by Gasteiger charge is 2.23. The van der Waals surface area contributed by atoms with E-state index in [1.807, 2.05) is 20.8 Å². The fraction of sp³-hybridized carbons (Fsp3) is 0.350. The number of nitrogens with zero attached hydrogens (tertiary/aromatic N) is 3. The van der Waals surface area contributed by atoms with Gasteiger partial charge in [0, 0.05) is 31.1 Å². The maximum Gasteiger partial charge on any atom is 0.263 e. The molecule has 0 bridgehead atoms. The first-order valence-electron chi connectivity index (χ1n) is 8.92. The van der Waals surface area contributed by atoms with Crippen molar-refractivity contribution in [2.75, 3.05) is 14.1 Å². The summed E-state index contributed by atoms with van der Waals surface area (Å²) in [7, 11) is 3.42. The van der Waals surface area contributed by atoms with Crippen molar-refractivity contribution in [3.05, 3.63) is 45.3 Å². The molecule has 8 heteroatoms. The maximum atomic E-state index is 13.3. The van der Waals surface area contributed by atoms with Gasteiger partial charge in [-0.1, -0.05) is 23.9 Å². The predicted octanol–water partition coefficient (Wildman–Crippen LogP) is 4.16. The summed E-state index contributed by atoms with van der Waals surface area (Å²) in [6, 6.07) is 6.14. The Hall–Kier alpha value is -2.19. The van der Waals surface area contributed by atoms with Crippen molar-refractivity contribution in [3.8, 4) is 11.1 Å². The number of rotatable bonds is 5. The van der Waals surface area contributed by atoms with Crippen molar-refractivity contribution >= 4 is 39.2 Å². The third-order valence-electron chi connectivity index (χ3n) is 4.47. The van der Waals surface area contributed by atoms with Crippen LogP contribution in [0.3, 0.4) is 0 Å². The summed E-state index contributed by atoms with van der Waals surface area (Å²) in [5.41, 5.74) is 1.46. The minimum absolute atomic E-state index is 0.0311. The molecule has 5 nitrogen and oxygen atoms in total. The Balaban J connectivity index is 2.17. The molecule has 0 N–H and O–H groups in total. The van der Waals surface area contributed by atoms with Gasteiger partial charge in [-0.25, -0.2) is 9.37 Å². The number of fused-ring (bicyclic) bond motifs is 1. The number of hydrogen-bond acceptors (Lipinski definition) is 5. The molecular formula is C20H22FN3O2S2. The third-order valence-corrected chi connectivity index (χ3v) is 6.55. The van der Waals surface area contributed by atoms with Crippen molar-refractivity contribution in [3.63, 3.8) is 0 Å². The van der Waals surface area contributed by atoms with Crippen LogP contribution in [0.15, 0.2) is 34.2 Å². The molecule has 3 aromatic rings. The summed E-state index contributed by atoms with van der Waals surface area (Å²) in [6.45, 7) is 6.08. The summed E-state index contributed by atoms with van der Waals surface area (Å²) in [5, 5.41) is 0.733. The second kappa shape index (κ2) is 8.05. The molecule has 3 rings (SSSR count). The van der Waals surface area contributed by atoms with Crippen LogP contribution in [-0.2, 0) is 11.3 Å². The minimum Gasteiger partial charge on any atom is -0.348 e. The van der Waals surface area contributed by atoms with Crippen molar-refractivity contribution in [1.29, 1.82) is 0 Å². The lowest BCUT2D eigenvalue weighted by Crippen LogP contribution is -2.31. The summed E-state index contributed by atoms with van der Waals surface area (Å²) in [5.74, 6) is -0.348. The van der Waals surface area contributed by atoms with E-state index in [0.29, 0.717) is 21.9 Å². The lowest BCUT2D eigenvalue weighted by atomic mass is 10.0. The number of halogens is 1. The second-order valence-corrected chi connectivity index (χ2v) is 9.17. The summed E-state index contributed by atoms with van der Waals surface area (Å²) >= 11 is 2.73. The van der Waals surface area contributed by atoms with E-state index in [1.54, 1.807) is 30.8 Å². The van der Waals surface area contributed by atoms with E-state index >= 15 is 0 Å². The summed E-state index contributed by atoms with van der Waals surface area (Å²) in [4.78, 5) is 33.4. The van der Waals surface area contributed by atoms with Crippen LogP contribution >= 0.6 is 23.1 Å². The normalized spacial score (nSPS) is 12.4. The number of thioether (sulfide) groups is 1. The Bertz CT molecular complexity index is 1090. The molecule has 148 valence electrons. The second-order valence-electron chi connectivity index (χ2n) is 6.66. The maximum absolute atomic E-state index is 13.3. The number of hydrogen-bond donors (Lipinski definition) is 0. The molecule has 0 aliphatic carbocycles. The van der Waals surface area contributed by atoms with Gasteiger partial charge >= 0.3 is 0 Å². The zero-order valence-corrected chi connectivity index (χ0v) is 18.1. The van der Waals surface area contributed by atoms with E-state index < -0.39 is 0 Å². The number of benzene rings is 1. The van der Waals surface area contributed by atoms with E-state index in [-0.39, 0.29) is 22.5 Å². The van der Waals surface area contributed by atoms with E-state index in [4.69, 9.17) is 4.98 Å². The highest BCUT2D eigenvalue weighted by atomic mass is 32.2. The molecule has 1 atom stereocenters. The van der Waals surface area contributed by atoms with Crippen LogP contribution in [0.2, 0.25) is 0 Å². The standard InChI is InChI=1S/C20H22FN3O2S2/c1-6-24-19(26)16-15(13-7-9-14(21)10-8-13)11(2)27-17(16)22-20(24)28-12(3)18(25)23(4)5/h7-10,12H,6H2,1-5H3/t12-/m1/s1. The van der Waals surface area contributed by atoms with Gasteiger partial charge in [0.1, 0.15) is 10.6 Å². The Morgan fingerprint density at radius 3 is 2.54 bits per heavy atom. The van der Waals surface area contributed by atoms with Gasteiger partial charge in [0.25, 0.3) is 5.56 Å². The zero-order valence-electron chi connectivity index (χ0n) is 16.4. The molecule has 0 saturated heterocycles. The van der Waals surface area contributed by atoms with Crippen LogP contribution in [0.25, 0.3) is 21.3 Å². The summed E-state index contributed by atoms with van der Waals surface area (Å²) < 4.78 is 14.9. The minimum atomic E-state index is -0.352. The highest BCUT2D eigenvalue weighted by Crippen LogP contribution is 2.37. The molecule has 28 heavy (non-hydrogen) atoms. The van der Waals surface area contributed by atoms with Gasteiger partial charge in [0.2, 0.25) is 5.91 Å². The van der Waals surface area contributed by atoms with Gasteiger partial charge in [-0.15, -0.1) is 11.3 Å². The van der Waals surface area contributed by atoms with Crippen molar-refractivity contribution in [1.82, 2.24) is 14.5 Å². The average molecular weight is 420 g/mol. The van der Waals surface area contributed by atoms with Crippen molar-refractivity contribution in [2.24, 2.45) is 0 Å². The highest BCUT2D eigenvalue weighted by molar-refractivity contribution is 8.00. The molecule has 0 spiro atoms. The van der Waals surface area contributed by atoms with E-state index in [2.05, 4.69) is 0 Å². The number of carbonyl (C=O) groups excluding carboxylic acids is 1. The van der Waals surface area contributed by atoms with Crippen molar-refractivity contribution in [2.45, 2.75) is 37.7 Å². The van der Waals surface area contributed by atoms with Crippen LogP contribution < -0.4 is 5.56 Å². The molecule has 0 unspecified atom stereocenters. The predicted molar refractivity (Wildman–Crippen MR) is 114 cm³/mol. The van der Waals surface area contributed by atoms with Crippen LogP contribution in [0, 0.1) is 12.7 Å². The summed E-state index contributed by atoms with van der Waals surface area (Å²) in [6.07, 6.45) is 0. The van der Waals surface area contributed by atoms with E-state index in [0.717, 1.165) is 16.0 Å². The molecule has 0 fully saturated rings. The number of amides is 1. The Morgan fingerprint density at radius 2 is 1.96 bits per heavy atom. The molecule has 0 radical (unpaired) electrons. The quantitative estimate of drug-likeness (QED) is 0.460. The Morgan fingerprint density at radius 1 is 1.32 bits per heavy atom. The van der Waals surface area contributed by atoms with E-state index in [1.165, 1.54) is 40.1 Å².